The number of nitrogens with one attached hydrogen (secondary N) is 1. The molecule has 1 saturated heterocycles. The van der Waals surface area contributed by atoms with Crippen molar-refractivity contribution in [1.82, 2.24) is 30.4 Å². The van der Waals surface area contributed by atoms with Crippen molar-refractivity contribution in [1.29, 1.82) is 0 Å². The maximum Gasteiger partial charge on any atom is 0.416 e. The van der Waals surface area contributed by atoms with Gasteiger partial charge >= 0.3 is 6.18 Å². The second kappa shape index (κ2) is 10.7. The van der Waals surface area contributed by atoms with E-state index in [1.54, 1.807) is 4.90 Å². The first-order chi connectivity index (χ1) is 19.6. The molecule has 6 rings (SSSR count). The molecule has 2 aromatic carbocycles. The summed E-state index contributed by atoms with van der Waals surface area (Å²) in [7, 11) is 0. The van der Waals surface area contributed by atoms with E-state index < -0.39 is 17.2 Å². The summed E-state index contributed by atoms with van der Waals surface area (Å²) >= 11 is 0. The summed E-state index contributed by atoms with van der Waals surface area (Å²) in [5.74, 6) is 1.55. The Morgan fingerprint density at radius 1 is 1.12 bits per heavy atom. The van der Waals surface area contributed by atoms with Gasteiger partial charge in [-0.15, -0.1) is 10.2 Å². The minimum atomic E-state index is -4.44. The molecule has 3 aromatic rings. The lowest BCUT2D eigenvalue weighted by atomic mass is 9.74. The number of benzene rings is 2. The molecule has 3 heterocycles. The van der Waals surface area contributed by atoms with E-state index in [0.29, 0.717) is 29.1 Å². The van der Waals surface area contributed by atoms with Crippen molar-refractivity contribution in [3.05, 3.63) is 59.2 Å². The smallest absolute Gasteiger partial charge is 0.416 e. The number of carbonyl (C=O) groups excluding carboxylic acids is 1. The molecule has 0 radical (unpaired) electrons. The normalized spacial score (nSPS) is 24.0. The SMILES string of the molecule is CC(C)[C@@]1(C(=O)N2COc3ccc(C(F)(F)F)cc3C2)CC[C@@H](N2CCC(c3cccc(-c4nn[nH]n4)c3)CC2)C1. The number of hydrogen-bond acceptors (Lipinski definition) is 6. The van der Waals surface area contributed by atoms with E-state index in [4.69, 9.17) is 4.74 Å². The van der Waals surface area contributed by atoms with Gasteiger partial charge in [-0.2, -0.15) is 18.4 Å². The highest BCUT2D eigenvalue weighted by Crippen LogP contribution is 2.49. The molecular weight excluding hydrogens is 533 g/mol. The first-order valence-electron chi connectivity index (χ1n) is 14.3. The Morgan fingerprint density at radius 3 is 2.63 bits per heavy atom. The highest BCUT2D eigenvalue weighted by Gasteiger charge is 2.51. The minimum absolute atomic E-state index is 0.00812. The number of aromatic amines is 1. The first-order valence-corrected chi connectivity index (χ1v) is 14.3. The Hall–Kier alpha value is -3.47. The zero-order valence-corrected chi connectivity index (χ0v) is 23.3. The van der Waals surface area contributed by atoms with Crippen LogP contribution in [0, 0.1) is 11.3 Å². The number of likely N-dealkylation sites (tertiary alicyclic amines) is 1. The third kappa shape index (κ3) is 5.31. The van der Waals surface area contributed by atoms with Crippen LogP contribution in [0.5, 0.6) is 5.75 Å². The fraction of sp³-hybridized carbons (Fsp3) is 0.533. The number of alkyl halides is 3. The maximum absolute atomic E-state index is 14.0. The highest BCUT2D eigenvalue weighted by molar-refractivity contribution is 5.83. The fourth-order valence-electron chi connectivity index (χ4n) is 7.00. The first kappa shape index (κ1) is 27.7. The maximum atomic E-state index is 14.0. The highest BCUT2D eigenvalue weighted by atomic mass is 19.4. The van der Waals surface area contributed by atoms with Crippen LogP contribution < -0.4 is 4.74 Å². The molecule has 1 saturated carbocycles. The van der Waals surface area contributed by atoms with Crippen molar-refractivity contribution >= 4 is 5.91 Å². The van der Waals surface area contributed by atoms with Crippen LogP contribution in [-0.4, -0.2) is 62.2 Å². The van der Waals surface area contributed by atoms with Crippen LogP contribution in [0.25, 0.3) is 11.4 Å². The number of amides is 1. The Bertz CT molecular complexity index is 1390. The van der Waals surface area contributed by atoms with E-state index in [-0.39, 0.29) is 25.1 Å². The zero-order valence-electron chi connectivity index (χ0n) is 23.3. The van der Waals surface area contributed by atoms with Gasteiger partial charge in [-0.25, -0.2) is 0 Å². The Morgan fingerprint density at radius 2 is 1.93 bits per heavy atom. The lowest BCUT2D eigenvalue weighted by Crippen LogP contribution is -2.49. The standard InChI is InChI=1S/C30H35F3N6O2/c1-19(2)29(28(40)39-17-23-15-24(30(31,32)33)6-7-26(23)41-18-39)11-8-25(16-29)38-12-9-20(10-13-38)21-4-3-5-22(14-21)27-34-36-37-35-27/h3-7,14-15,19-20,25H,8-13,16-18H2,1-2H3,(H,34,35,36,37)/t25-,29-/m1/s1. The lowest BCUT2D eigenvalue weighted by molar-refractivity contribution is -0.150. The van der Waals surface area contributed by atoms with E-state index in [2.05, 4.69) is 51.5 Å². The molecule has 11 heteroatoms. The van der Waals surface area contributed by atoms with Crippen LogP contribution in [0.4, 0.5) is 13.2 Å². The lowest BCUT2D eigenvalue weighted by Gasteiger charge is -2.41. The second-order valence-corrected chi connectivity index (χ2v) is 12.0. The molecule has 2 aliphatic heterocycles. The van der Waals surface area contributed by atoms with Crippen molar-refractivity contribution in [2.45, 2.75) is 70.6 Å². The van der Waals surface area contributed by atoms with Crippen molar-refractivity contribution in [2.24, 2.45) is 11.3 Å². The Labute approximate surface area is 237 Å². The van der Waals surface area contributed by atoms with Crippen LogP contribution >= 0.6 is 0 Å². The van der Waals surface area contributed by atoms with Gasteiger partial charge in [-0.05, 0) is 92.1 Å². The summed E-state index contributed by atoms with van der Waals surface area (Å²) in [5.41, 5.74) is 1.36. The van der Waals surface area contributed by atoms with E-state index in [9.17, 15) is 18.0 Å². The molecule has 41 heavy (non-hydrogen) atoms. The van der Waals surface area contributed by atoms with E-state index in [1.807, 2.05) is 12.1 Å². The quantitative estimate of drug-likeness (QED) is 0.429. The Kier molecular flexibility index (Phi) is 7.25. The third-order valence-electron chi connectivity index (χ3n) is 9.47. The average molecular weight is 569 g/mol. The van der Waals surface area contributed by atoms with E-state index >= 15 is 0 Å². The summed E-state index contributed by atoms with van der Waals surface area (Å²) < 4.78 is 45.7. The third-order valence-corrected chi connectivity index (χ3v) is 9.47. The molecule has 1 aromatic heterocycles. The predicted octanol–water partition coefficient (Wildman–Crippen LogP) is 5.64. The van der Waals surface area contributed by atoms with Crippen molar-refractivity contribution in [2.75, 3.05) is 19.8 Å². The van der Waals surface area contributed by atoms with Gasteiger partial charge in [0.05, 0.1) is 17.5 Å². The van der Waals surface area contributed by atoms with Gasteiger partial charge in [-0.1, -0.05) is 32.0 Å². The fourth-order valence-corrected chi connectivity index (χ4v) is 7.00. The van der Waals surface area contributed by atoms with Gasteiger partial charge in [0.2, 0.25) is 11.7 Å². The molecule has 1 N–H and O–H groups in total. The number of H-pyrrole nitrogens is 1. The number of piperidine rings is 1. The van der Waals surface area contributed by atoms with Crippen LogP contribution in [0.1, 0.15) is 68.6 Å². The molecule has 1 aliphatic carbocycles. The molecular formula is C30H35F3N6O2. The summed E-state index contributed by atoms with van der Waals surface area (Å²) in [6, 6.07) is 12.2. The zero-order chi connectivity index (χ0) is 28.8. The number of halogens is 3. The van der Waals surface area contributed by atoms with Crippen LogP contribution in [-0.2, 0) is 17.5 Å². The number of ether oxygens (including phenoxy) is 1. The molecule has 1 amide bonds. The average Bonchev–Trinajstić information content (AvgIpc) is 3.68. The second-order valence-electron chi connectivity index (χ2n) is 12.0. The Balaban J connectivity index is 1.11. The summed E-state index contributed by atoms with van der Waals surface area (Å²) in [4.78, 5) is 18.2. The summed E-state index contributed by atoms with van der Waals surface area (Å²) in [6.45, 7) is 6.29. The summed E-state index contributed by atoms with van der Waals surface area (Å²) in [6.07, 6.45) is 0.0927. The van der Waals surface area contributed by atoms with Gasteiger partial charge in [0.25, 0.3) is 0 Å². The number of rotatable bonds is 5. The molecule has 2 fully saturated rings. The molecule has 2 atom stereocenters. The van der Waals surface area contributed by atoms with Crippen LogP contribution in [0.3, 0.4) is 0 Å². The van der Waals surface area contributed by atoms with Crippen molar-refractivity contribution < 1.29 is 22.7 Å². The van der Waals surface area contributed by atoms with Gasteiger partial charge in [-0.3, -0.25) is 4.79 Å². The number of hydrogen-bond donors (Lipinski definition) is 1. The topological polar surface area (TPSA) is 87.2 Å². The number of tetrazole rings is 1. The number of carbonyl (C=O) groups is 1. The van der Waals surface area contributed by atoms with Gasteiger partial charge in [0.1, 0.15) is 5.75 Å². The number of fused-ring (bicyclic) bond motifs is 1. The minimum Gasteiger partial charge on any atom is -0.473 e. The molecule has 0 bridgehead atoms. The van der Waals surface area contributed by atoms with Crippen LogP contribution in [0.15, 0.2) is 42.5 Å². The molecule has 218 valence electrons. The van der Waals surface area contributed by atoms with Crippen molar-refractivity contribution in [3.63, 3.8) is 0 Å². The molecule has 8 nitrogen and oxygen atoms in total. The van der Waals surface area contributed by atoms with Gasteiger partial charge < -0.3 is 14.5 Å². The van der Waals surface area contributed by atoms with Gasteiger partial charge in [0, 0.05) is 17.2 Å². The van der Waals surface area contributed by atoms with Crippen molar-refractivity contribution in [3.8, 4) is 17.1 Å². The van der Waals surface area contributed by atoms with Crippen LogP contribution in [0.2, 0.25) is 0 Å². The molecule has 0 spiro atoms. The predicted molar refractivity (Wildman–Crippen MR) is 146 cm³/mol. The van der Waals surface area contributed by atoms with E-state index in [0.717, 1.165) is 62.9 Å². The largest absolute Gasteiger partial charge is 0.473 e. The molecule has 3 aliphatic rings. The summed E-state index contributed by atoms with van der Waals surface area (Å²) in [5, 5.41) is 14.4. The van der Waals surface area contributed by atoms with Gasteiger partial charge in [0.15, 0.2) is 6.73 Å². The number of aromatic nitrogens is 4. The monoisotopic (exact) mass is 568 g/mol. The molecule has 0 unspecified atom stereocenters. The number of nitrogens with zero attached hydrogens (tertiary/aromatic N) is 5. The van der Waals surface area contributed by atoms with E-state index in [1.165, 1.54) is 11.6 Å².